The second-order valence-electron chi connectivity index (χ2n) is 7.35. The maximum absolute atomic E-state index is 12.0. The highest BCUT2D eigenvalue weighted by Gasteiger charge is 2.30. The van der Waals surface area contributed by atoms with Gasteiger partial charge in [0.2, 0.25) is 6.41 Å². The van der Waals surface area contributed by atoms with Crippen molar-refractivity contribution in [1.29, 1.82) is 0 Å². The van der Waals surface area contributed by atoms with Crippen molar-refractivity contribution >= 4 is 29.2 Å². The molecule has 1 aliphatic rings. The van der Waals surface area contributed by atoms with Gasteiger partial charge >= 0.3 is 0 Å². The number of fused-ring (bicyclic) bond motifs is 1. The number of nitrogens with one attached hydrogen (secondary N) is 2. The minimum atomic E-state index is -0.280. The summed E-state index contributed by atoms with van der Waals surface area (Å²) < 4.78 is 0. The Morgan fingerprint density at radius 2 is 1.77 bits per heavy atom. The lowest BCUT2D eigenvalue weighted by Gasteiger charge is -2.07. The smallest absolute Gasteiger partial charge is 0.267 e. The topological polar surface area (TPSA) is 58.2 Å². The molecule has 0 saturated heterocycles. The van der Waals surface area contributed by atoms with E-state index in [0.717, 1.165) is 28.2 Å². The maximum atomic E-state index is 12.0. The van der Waals surface area contributed by atoms with Crippen LogP contribution in [-0.4, -0.2) is 18.9 Å². The van der Waals surface area contributed by atoms with Crippen molar-refractivity contribution in [2.24, 2.45) is 5.41 Å². The molecule has 0 bridgehead atoms. The van der Waals surface area contributed by atoms with Crippen LogP contribution in [0.1, 0.15) is 45.6 Å². The van der Waals surface area contributed by atoms with Gasteiger partial charge in [-0.3, -0.25) is 9.59 Å². The predicted molar refractivity (Wildman–Crippen MR) is 107 cm³/mol. The van der Waals surface area contributed by atoms with Crippen molar-refractivity contribution in [2.75, 3.05) is 6.54 Å². The molecule has 138 valence electrons. The molecule has 2 amide bonds. The summed E-state index contributed by atoms with van der Waals surface area (Å²) in [5.41, 5.74) is 1.86. The number of hydrogen-bond acceptors (Lipinski definition) is 2. The van der Waals surface area contributed by atoms with Crippen molar-refractivity contribution in [1.82, 2.24) is 10.6 Å². The summed E-state index contributed by atoms with van der Waals surface area (Å²) in [6.07, 6.45) is 5.93. The van der Waals surface area contributed by atoms with Crippen LogP contribution in [0.15, 0.2) is 48.2 Å². The van der Waals surface area contributed by atoms with E-state index in [0.29, 0.717) is 13.0 Å². The molecule has 1 saturated carbocycles. The third-order valence-corrected chi connectivity index (χ3v) is 4.33. The number of rotatable bonds is 6. The van der Waals surface area contributed by atoms with E-state index in [-0.39, 0.29) is 11.6 Å². The molecule has 0 heterocycles. The number of amides is 2. The summed E-state index contributed by atoms with van der Waals surface area (Å²) in [6.45, 7) is 7.15. The van der Waals surface area contributed by atoms with Gasteiger partial charge in [0.15, 0.2) is 0 Å². The SMILES string of the molecule is CC1(C)CC1.CCCNC(=O)/C(=C\c1ccc2ccccc2c1)NC=O. The van der Waals surface area contributed by atoms with E-state index in [1.165, 1.54) is 12.8 Å². The molecular weight excluding hydrogens is 324 g/mol. The molecule has 0 aromatic heterocycles. The molecule has 2 N–H and O–H groups in total. The second-order valence-corrected chi connectivity index (χ2v) is 7.35. The van der Waals surface area contributed by atoms with E-state index in [2.05, 4.69) is 24.5 Å². The molecule has 3 rings (SSSR count). The highest BCUT2D eigenvalue weighted by atomic mass is 16.2. The van der Waals surface area contributed by atoms with Gasteiger partial charge in [-0.25, -0.2) is 0 Å². The van der Waals surface area contributed by atoms with Crippen LogP contribution < -0.4 is 10.6 Å². The van der Waals surface area contributed by atoms with Crippen LogP contribution in [0.4, 0.5) is 0 Å². The quantitative estimate of drug-likeness (QED) is 0.603. The molecule has 0 radical (unpaired) electrons. The maximum Gasteiger partial charge on any atom is 0.267 e. The van der Waals surface area contributed by atoms with Gasteiger partial charge in [-0.1, -0.05) is 57.2 Å². The van der Waals surface area contributed by atoms with Gasteiger partial charge in [0, 0.05) is 6.54 Å². The van der Waals surface area contributed by atoms with Gasteiger partial charge in [0.25, 0.3) is 5.91 Å². The third kappa shape index (κ3) is 6.36. The van der Waals surface area contributed by atoms with Gasteiger partial charge < -0.3 is 10.6 Å². The van der Waals surface area contributed by atoms with E-state index in [4.69, 9.17) is 0 Å². The van der Waals surface area contributed by atoms with Crippen molar-refractivity contribution in [3.05, 3.63) is 53.7 Å². The average Bonchev–Trinajstić information content (AvgIpc) is 3.34. The molecular formula is C22H28N2O2. The first kappa shape index (κ1) is 19.7. The van der Waals surface area contributed by atoms with Crippen molar-refractivity contribution in [3.8, 4) is 0 Å². The third-order valence-electron chi connectivity index (χ3n) is 4.33. The van der Waals surface area contributed by atoms with E-state index in [1.807, 2.05) is 49.4 Å². The van der Waals surface area contributed by atoms with Crippen LogP contribution in [-0.2, 0) is 9.59 Å². The molecule has 4 heteroatoms. The first-order chi connectivity index (χ1) is 12.4. The number of carbonyl (C=O) groups is 2. The molecule has 26 heavy (non-hydrogen) atoms. The summed E-state index contributed by atoms with van der Waals surface area (Å²) in [7, 11) is 0. The van der Waals surface area contributed by atoms with Crippen LogP contribution in [0.25, 0.3) is 16.8 Å². The van der Waals surface area contributed by atoms with Crippen LogP contribution in [0, 0.1) is 5.41 Å². The zero-order chi connectivity index (χ0) is 19.0. The Balaban J connectivity index is 0.000000417. The lowest BCUT2D eigenvalue weighted by atomic mass is 10.1. The number of carbonyl (C=O) groups excluding carboxylic acids is 2. The first-order valence-corrected chi connectivity index (χ1v) is 9.14. The minimum Gasteiger partial charge on any atom is -0.351 e. The van der Waals surface area contributed by atoms with Crippen LogP contribution >= 0.6 is 0 Å². The van der Waals surface area contributed by atoms with Crippen LogP contribution in [0.3, 0.4) is 0 Å². The fourth-order valence-corrected chi connectivity index (χ4v) is 2.28. The molecule has 4 nitrogen and oxygen atoms in total. The van der Waals surface area contributed by atoms with Crippen LogP contribution in [0.2, 0.25) is 0 Å². The second kappa shape index (κ2) is 9.18. The Labute approximate surface area is 155 Å². The molecule has 0 spiro atoms. The standard InChI is InChI=1S/C17H18N2O2.C5H10/c1-2-9-18-17(21)16(19-12-20)11-13-7-8-14-5-3-4-6-15(14)10-13;1-5(2)3-4-5/h3-8,10-12H,2,9H2,1H3,(H,18,21)(H,19,20);3-4H2,1-2H3/b16-11+;. The Morgan fingerprint density at radius 3 is 2.35 bits per heavy atom. The highest BCUT2D eigenvalue weighted by molar-refractivity contribution is 5.99. The summed E-state index contributed by atoms with van der Waals surface area (Å²) in [6, 6.07) is 13.9. The molecule has 2 aromatic rings. The lowest BCUT2D eigenvalue weighted by Crippen LogP contribution is -2.31. The van der Waals surface area contributed by atoms with Gasteiger partial charge in [-0.15, -0.1) is 0 Å². The normalized spacial score (nSPS) is 14.8. The van der Waals surface area contributed by atoms with E-state index in [9.17, 15) is 9.59 Å². The summed E-state index contributed by atoms with van der Waals surface area (Å²) in [5.74, 6) is -0.280. The lowest BCUT2D eigenvalue weighted by molar-refractivity contribution is -0.119. The monoisotopic (exact) mass is 352 g/mol. The fourth-order valence-electron chi connectivity index (χ4n) is 2.28. The number of hydrogen-bond donors (Lipinski definition) is 2. The van der Waals surface area contributed by atoms with E-state index >= 15 is 0 Å². The number of benzene rings is 2. The van der Waals surface area contributed by atoms with Crippen LogP contribution in [0.5, 0.6) is 0 Å². The molecule has 1 aliphatic carbocycles. The van der Waals surface area contributed by atoms with Crippen molar-refractivity contribution < 1.29 is 9.59 Å². The minimum absolute atomic E-state index is 0.244. The zero-order valence-corrected chi connectivity index (χ0v) is 15.8. The summed E-state index contributed by atoms with van der Waals surface area (Å²) >= 11 is 0. The Morgan fingerprint density at radius 1 is 1.12 bits per heavy atom. The Bertz CT molecular complexity index is 788. The molecule has 0 aliphatic heterocycles. The van der Waals surface area contributed by atoms with Crippen molar-refractivity contribution in [3.63, 3.8) is 0 Å². The van der Waals surface area contributed by atoms with Gasteiger partial charge in [-0.2, -0.15) is 0 Å². The summed E-state index contributed by atoms with van der Waals surface area (Å²) in [4.78, 5) is 22.6. The Hall–Kier alpha value is -2.62. The fraction of sp³-hybridized carbons (Fsp3) is 0.364. The average molecular weight is 352 g/mol. The van der Waals surface area contributed by atoms with Gasteiger partial charge in [0.1, 0.15) is 5.70 Å². The molecule has 0 atom stereocenters. The Kier molecular flexibility index (Phi) is 6.96. The van der Waals surface area contributed by atoms with Crippen molar-refractivity contribution in [2.45, 2.75) is 40.0 Å². The van der Waals surface area contributed by atoms with E-state index in [1.54, 1.807) is 6.08 Å². The predicted octanol–water partition coefficient (Wildman–Crippen LogP) is 4.26. The molecule has 0 unspecified atom stereocenters. The first-order valence-electron chi connectivity index (χ1n) is 9.14. The molecule has 2 aromatic carbocycles. The molecule has 1 fully saturated rings. The summed E-state index contributed by atoms with van der Waals surface area (Å²) in [5, 5.41) is 7.43. The van der Waals surface area contributed by atoms with Gasteiger partial charge in [0.05, 0.1) is 0 Å². The highest BCUT2D eigenvalue weighted by Crippen LogP contribution is 2.43. The van der Waals surface area contributed by atoms with Gasteiger partial charge in [-0.05, 0) is 53.2 Å². The largest absolute Gasteiger partial charge is 0.351 e. The zero-order valence-electron chi connectivity index (χ0n) is 15.8. The van der Waals surface area contributed by atoms with E-state index < -0.39 is 0 Å².